The fourth-order valence-corrected chi connectivity index (χ4v) is 3.67. The van der Waals surface area contributed by atoms with Gasteiger partial charge in [-0.2, -0.15) is 23.4 Å². The first kappa shape index (κ1) is 22.3. The highest BCUT2D eigenvalue weighted by Crippen LogP contribution is 2.31. The summed E-state index contributed by atoms with van der Waals surface area (Å²) in [7, 11) is 1.79. The van der Waals surface area contributed by atoms with Gasteiger partial charge in [-0.25, -0.2) is 9.50 Å². The van der Waals surface area contributed by atoms with Crippen LogP contribution in [0.15, 0.2) is 53.7 Å². The van der Waals surface area contributed by atoms with Crippen molar-refractivity contribution in [2.45, 2.75) is 19.1 Å². The molecule has 5 aromatic heterocycles. The van der Waals surface area contributed by atoms with Crippen molar-refractivity contribution in [3.63, 3.8) is 0 Å². The molecule has 6 heterocycles. The van der Waals surface area contributed by atoms with Crippen LogP contribution in [0.3, 0.4) is 0 Å². The van der Waals surface area contributed by atoms with Gasteiger partial charge in [-0.1, -0.05) is 0 Å². The van der Waals surface area contributed by atoms with Gasteiger partial charge in [0.05, 0.1) is 47.1 Å². The van der Waals surface area contributed by atoms with Gasteiger partial charge in [0.15, 0.2) is 0 Å². The lowest BCUT2D eigenvalue weighted by atomic mass is 10.1. The molecule has 0 bridgehead atoms. The minimum atomic E-state index is -4.32. The first-order valence-corrected chi connectivity index (χ1v) is 10.4. The Kier molecular flexibility index (Phi) is 5.55. The average molecular weight is 485 g/mol. The van der Waals surface area contributed by atoms with E-state index >= 15 is 0 Å². The number of hydrogen-bond acceptors (Lipinski definition) is 7. The maximum Gasteiger partial charge on any atom is 0.418 e. The number of aromatic amines is 1. The van der Waals surface area contributed by atoms with Crippen molar-refractivity contribution in [3.05, 3.63) is 72.2 Å². The maximum absolute atomic E-state index is 12.5. The van der Waals surface area contributed by atoms with E-state index < -0.39 is 11.7 Å². The van der Waals surface area contributed by atoms with E-state index in [0.717, 1.165) is 17.5 Å². The van der Waals surface area contributed by atoms with Gasteiger partial charge in [0.2, 0.25) is 0 Å². The summed E-state index contributed by atoms with van der Waals surface area (Å²) < 4.78 is 45.4. The molecule has 0 unspecified atom stereocenters. The molecular weight excluding hydrogens is 467 g/mol. The summed E-state index contributed by atoms with van der Waals surface area (Å²) in [5.74, 6) is 0.000368. The van der Waals surface area contributed by atoms with Gasteiger partial charge < -0.3 is 14.3 Å². The van der Waals surface area contributed by atoms with E-state index in [9.17, 15) is 18.0 Å². The second kappa shape index (κ2) is 8.70. The highest BCUT2D eigenvalue weighted by atomic mass is 19.4. The predicted molar refractivity (Wildman–Crippen MR) is 114 cm³/mol. The number of fused-ring (bicyclic) bond motifs is 2. The monoisotopic (exact) mass is 485 g/mol. The number of aromatic nitrogens is 8. The zero-order chi connectivity index (χ0) is 24.6. The van der Waals surface area contributed by atoms with Crippen LogP contribution in [0.25, 0.3) is 17.0 Å². The second-order valence-corrected chi connectivity index (χ2v) is 7.70. The first-order chi connectivity index (χ1) is 16.8. The molecule has 0 spiro atoms. The summed E-state index contributed by atoms with van der Waals surface area (Å²) in [5.41, 5.74) is 2.06. The van der Waals surface area contributed by atoms with E-state index in [0.29, 0.717) is 25.1 Å². The number of halogens is 3. The Morgan fingerprint density at radius 1 is 1.20 bits per heavy atom. The van der Waals surface area contributed by atoms with Crippen molar-refractivity contribution in [1.29, 1.82) is 0 Å². The van der Waals surface area contributed by atoms with E-state index in [1.165, 1.54) is 29.0 Å². The van der Waals surface area contributed by atoms with Gasteiger partial charge in [0, 0.05) is 38.6 Å². The molecule has 0 saturated carbocycles. The second-order valence-electron chi connectivity index (χ2n) is 7.70. The molecule has 0 saturated heterocycles. The zero-order valence-electron chi connectivity index (χ0n) is 18.3. The summed E-state index contributed by atoms with van der Waals surface area (Å²) in [6.07, 6.45) is 4.22. The Morgan fingerprint density at radius 3 is 2.83 bits per heavy atom. The van der Waals surface area contributed by atoms with E-state index in [2.05, 4.69) is 30.4 Å². The summed E-state index contributed by atoms with van der Waals surface area (Å²) in [4.78, 5) is 21.4. The highest BCUT2D eigenvalue weighted by molar-refractivity contribution is 5.89. The quantitative estimate of drug-likeness (QED) is 0.408. The molecule has 5 aromatic rings. The molecule has 0 aromatic carbocycles. The van der Waals surface area contributed by atoms with Crippen LogP contribution >= 0.6 is 0 Å². The predicted octanol–water partition coefficient (Wildman–Crippen LogP) is 2.74. The number of H-pyrrole nitrogens is 1. The van der Waals surface area contributed by atoms with Gasteiger partial charge >= 0.3 is 18.0 Å². The minimum Gasteiger partial charge on any atom is -0.412 e. The summed E-state index contributed by atoms with van der Waals surface area (Å²) in [5, 5.41) is 15.5. The van der Waals surface area contributed by atoms with Crippen molar-refractivity contribution < 1.29 is 22.4 Å². The molecule has 1 aliphatic rings. The van der Waals surface area contributed by atoms with Crippen LogP contribution < -0.4 is 0 Å². The topological polar surface area (TPSA) is 123 Å². The van der Waals surface area contributed by atoms with Gasteiger partial charge in [0.25, 0.3) is 5.89 Å². The Balaban J connectivity index is 0.000000166. The lowest BCUT2D eigenvalue weighted by Crippen LogP contribution is -2.36. The third-order valence-electron chi connectivity index (χ3n) is 5.36. The molecule has 6 rings (SSSR count). The van der Waals surface area contributed by atoms with Crippen LogP contribution in [0.1, 0.15) is 27.6 Å². The number of amides is 1. The van der Waals surface area contributed by atoms with Crippen LogP contribution in [-0.4, -0.2) is 56.9 Å². The highest BCUT2D eigenvalue weighted by Gasteiger charge is 2.32. The lowest BCUT2D eigenvalue weighted by molar-refractivity contribution is -0.136. The van der Waals surface area contributed by atoms with Crippen LogP contribution in [0.2, 0.25) is 0 Å². The van der Waals surface area contributed by atoms with Crippen molar-refractivity contribution in [2.75, 3.05) is 6.54 Å². The molecule has 14 heteroatoms. The van der Waals surface area contributed by atoms with Crippen molar-refractivity contribution in [1.82, 2.24) is 44.5 Å². The standard InChI is InChI=1S/C13H13N7O2.C8H5F3N2/c1-19-5-8(4-16-19)11-17-18-12(22-11)13(21)20-3-2-9-10(6-20)15-7-14-9;9-8(10,11)6-2-1-5-13-7(6)3-4-12-13/h4-5,7H,2-3,6H2,1H3,(H,14,15);1-5H. The third kappa shape index (κ3) is 4.49. The van der Waals surface area contributed by atoms with Crippen molar-refractivity contribution in [3.8, 4) is 11.5 Å². The Labute approximate surface area is 195 Å². The van der Waals surface area contributed by atoms with Crippen molar-refractivity contribution >= 4 is 11.4 Å². The number of aryl methyl sites for hydroxylation is 1. The fraction of sp³-hybridized carbons (Fsp3) is 0.238. The first-order valence-electron chi connectivity index (χ1n) is 10.4. The molecule has 180 valence electrons. The summed E-state index contributed by atoms with van der Waals surface area (Å²) in [6.45, 7) is 1.06. The van der Waals surface area contributed by atoms with Crippen LogP contribution in [0.4, 0.5) is 13.2 Å². The molecular formula is C21H18F3N9O2. The molecule has 0 atom stereocenters. The number of nitrogens with zero attached hydrogens (tertiary/aromatic N) is 8. The molecule has 0 aliphatic carbocycles. The van der Waals surface area contributed by atoms with Gasteiger partial charge in [-0.05, 0) is 18.2 Å². The number of nitrogens with one attached hydrogen (secondary N) is 1. The van der Waals surface area contributed by atoms with E-state index in [1.54, 1.807) is 35.4 Å². The smallest absolute Gasteiger partial charge is 0.412 e. The molecule has 0 fully saturated rings. The average Bonchev–Trinajstić information content (AvgIpc) is 3.64. The Morgan fingerprint density at radius 2 is 2.06 bits per heavy atom. The minimum absolute atomic E-state index is 0.0122. The zero-order valence-corrected chi connectivity index (χ0v) is 18.3. The van der Waals surface area contributed by atoms with Crippen LogP contribution in [0, 0.1) is 0 Å². The number of alkyl halides is 3. The Hall–Kier alpha value is -4.49. The summed E-state index contributed by atoms with van der Waals surface area (Å²) in [6, 6.07) is 3.70. The number of hydrogen-bond donors (Lipinski definition) is 1. The summed E-state index contributed by atoms with van der Waals surface area (Å²) >= 11 is 0. The largest absolute Gasteiger partial charge is 0.418 e. The normalized spacial score (nSPS) is 13.4. The number of pyridine rings is 1. The third-order valence-corrected chi connectivity index (χ3v) is 5.36. The van der Waals surface area contributed by atoms with Crippen LogP contribution in [-0.2, 0) is 26.2 Å². The van der Waals surface area contributed by atoms with E-state index in [4.69, 9.17) is 4.42 Å². The number of carbonyl (C=O) groups excluding carboxylic acids is 1. The molecule has 0 radical (unpaired) electrons. The molecule has 1 amide bonds. The van der Waals surface area contributed by atoms with Gasteiger partial charge in [0.1, 0.15) is 0 Å². The van der Waals surface area contributed by atoms with Gasteiger partial charge in [-0.15, -0.1) is 10.2 Å². The number of rotatable bonds is 2. The van der Waals surface area contributed by atoms with Gasteiger partial charge in [-0.3, -0.25) is 9.48 Å². The molecule has 1 aliphatic heterocycles. The van der Waals surface area contributed by atoms with E-state index in [-0.39, 0.29) is 23.2 Å². The number of imidazole rings is 1. The Bertz CT molecular complexity index is 1480. The molecule has 35 heavy (non-hydrogen) atoms. The molecule has 11 nitrogen and oxygen atoms in total. The fourth-order valence-electron chi connectivity index (χ4n) is 3.67. The lowest BCUT2D eigenvalue weighted by Gasteiger charge is -2.24. The van der Waals surface area contributed by atoms with Crippen LogP contribution in [0.5, 0.6) is 0 Å². The maximum atomic E-state index is 12.5. The van der Waals surface area contributed by atoms with Crippen molar-refractivity contribution in [2.24, 2.45) is 7.05 Å². The number of carbonyl (C=O) groups is 1. The SMILES string of the molecule is Cn1cc(-c2nnc(C(=O)N3CCc4nc[nH]c4C3)o2)cn1.FC(F)(F)c1cccn2nccc12. The van der Waals surface area contributed by atoms with E-state index in [1.807, 2.05) is 0 Å². The molecule has 1 N–H and O–H groups in total.